The lowest BCUT2D eigenvalue weighted by atomic mass is 10.0. The van der Waals surface area contributed by atoms with E-state index in [0.717, 1.165) is 31.7 Å². The molecule has 1 unspecified atom stereocenters. The summed E-state index contributed by atoms with van der Waals surface area (Å²) in [6.07, 6.45) is 3.81. The van der Waals surface area contributed by atoms with Gasteiger partial charge in [-0.25, -0.2) is 4.98 Å². The standard InChI is InChI=1S/C13H20N4O2/c1-16(2)13-14-7-5-11(15-13)17-8-6-10(9-17)3-4-12(18)19/h5,7,10H,3-4,6,8-9H2,1-2H3,(H,18,19). The molecule has 6 nitrogen and oxygen atoms in total. The first kappa shape index (κ1) is 13.6. The van der Waals surface area contributed by atoms with E-state index in [1.54, 1.807) is 6.20 Å². The lowest BCUT2D eigenvalue weighted by Gasteiger charge is -2.19. The van der Waals surface area contributed by atoms with Crippen molar-refractivity contribution in [3.8, 4) is 0 Å². The SMILES string of the molecule is CN(C)c1nccc(N2CCC(CCC(=O)O)C2)n1. The molecular weight excluding hydrogens is 244 g/mol. The highest BCUT2D eigenvalue weighted by Crippen LogP contribution is 2.25. The van der Waals surface area contributed by atoms with E-state index in [9.17, 15) is 4.79 Å². The summed E-state index contributed by atoms with van der Waals surface area (Å²) in [5, 5.41) is 8.71. The largest absolute Gasteiger partial charge is 0.481 e. The van der Waals surface area contributed by atoms with Crippen LogP contribution >= 0.6 is 0 Å². The minimum absolute atomic E-state index is 0.255. The Morgan fingerprint density at radius 1 is 1.58 bits per heavy atom. The highest BCUT2D eigenvalue weighted by atomic mass is 16.4. The third-order valence-electron chi connectivity index (χ3n) is 3.40. The molecular formula is C13H20N4O2. The van der Waals surface area contributed by atoms with Crippen LogP contribution in [-0.2, 0) is 4.79 Å². The molecule has 6 heteroatoms. The molecule has 0 aliphatic carbocycles. The van der Waals surface area contributed by atoms with Gasteiger partial charge < -0.3 is 14.9 Å². The zero-order chi connectivity index (χ0) is 13.8. The number of anilines is 2. The van der Waals surface area contributed by atoms with Crippen LogP contribution in [-0.4, -0.2) is 48.2 Å². The number of rotatable bonds is 5. The molecule has 1 saturated heterocycles. The maximum atomic E-state index is 10.6. The zero-order valence-electron chi connectivity index (χ0n) is 11.4. The number of hydrogen-bond acceptors (Lipinski definition) is 5. The van der Waals surface area contributed by atoms with Crippen molar-refractivity contribution >= 4 is 17.7 Å². The van der Waals surface area contributed by atoms with E-state index in [4.69, 9.17) is 5.11 Å². The Morgan fingerprint density at radius 3 is 3.05 bits per heavy atom. The molecule has 1 aromatic heterocycles. The molecule has 1 aliphatic heterocycles. The van der Waals surface area contributed by atoms with Gasteiger partial charge in [-0.1, -0.05) is 0 Å². The summed E-state index contributed by atoms with van der Waals surface area (Å²) in [6, 6.07) is 1.91. The summed E-state index contributed by atoms with van der Waals surface area (Å²) in [4.78, 5) is 23.4. The van der Waals surface area contributed by atoms with E-state index in [-0.39, 0.29) is 6.42 Å². The van der Waals surface area contributed by atoms with Gasteiger partial charge in [0.25, 0.3) is 0 Å². The molecule has 0 amide bonds. The van der Waals surface area contributed by atoms with E-state index in [0.29, 0.717) is 11.9 Å². The van der Waals surface area contributed by atoms with Crippen molar-refractivity contribution < 1.29 is 9.90 Å². The van der Waals surface area contributed by atoms with Crippen LogP contribution in [0.3, 0.4) is 0 Å². The number of carboxylic acid groups (broad SMARTS) is 1. The first-order chi connectivity index (χ1) is 9.06. The molecule has 0 aromatic carbocycles. The molecule has 0 radical (unpaired) electrons. The Kier molecular flexibility index (Phi) is 4.19. The molecule has 0 saturated carbocycles. The Labute approximate surface area is 113 Å². The van der Waals surface area contributed by atoms with E-state index >= 15 is 0 Å². The van der Waals surface area contributed by atoms with Crippen LogP contribution in [0.4, 0.5) is 11.8 Å². The van der Waals surface area contributed by atoms with Crippen molar-refractivity contribution in [3.05, 3.63) is 12.3 Å². The Morgan fingerprint density at radius 2 is 2.37 bits per heavy atom. The lowest BCUT2D eigenvalue weighted by molar-refractivity contribution is -0.137. The van der Waals surface area contributed by atoms with Crippen LogP contribution in [0.25, 0.3) is 0 Å². The fourth-order valence-corrected chi connectivity index (χ4v) is 2.33. The molecule has 1 N–H and O–H groups in total. The average molecular weight is 264 g/mol. The summed E-state index contributed by atoms with van der Waals surface area (Å²) in [5.74, 6) is 1.37. The molecule has 2 heterocycles. The van der Waals surface area contributed by atoms with Crippen molar-refractivity contribution in [3.63, 3.8) is 0 Å². The number of aliphatic carboxylic acids is 1. The Hall–Kier alpha value is -1.85. The first-order valence-corrected chi connectivity index (χ1v) is 6.53. The molecule has 104 valence electrons. The van der Waals surface area contributed by atoms with E-state index in [2.05, 4.69) is 14.9 Å². The first-order valence-electron chi connectivity index (χ1n) is 6.53. The summed E-state index contributed by atoms with van der Waals surface area (Å²) in [7, 11) is 3.83. The highest BCUT2D eigenvalue weighted by Gasteiger charge is 2.24. The molecule has 2 rings (SSSR count). The zero-order valence-corrected chi connectivity index (χ0v) is 11.4. The van der Waals surface area contributed by atoms with Gasteiger partial charge in [0.2, 0.25) is 5.95 Å². The average Bonchev–Trinajstić information content (AvgIpc) is 2.85. The van der Waals surface area contributed by atoms with Crippen molar-refractivity contribution in [2.45, 2.75) is 19.3 Å². The third kappa shape index (κ3) is 3.56. The minimum Gasteiger partial charge on any atom is -0.481 e. The fraction of sp³-hybridized carbons (Fsp3) is 0.615. The van der Waals surface area contributed by atoms with Gasteiger partial charge >= 0.3 is 5.97 Å². The summed E-state index contributed by atoms with van der Waals surface area (Å²) in [6.45, 7) is 1.82. The van der Waals surface area contributed by atoms with Gasteiger partial charge in [-0.2, -0.15) is 4.98 Å². The number of carbonyl (C=O) groups is 1. The predicted octanol–water partition coefficient (Wildman–Crippen LogP) is 1.23. The van der Waals surface area contributed by atoms with Crippen molar-refractivity contribution in [2.24, 2.45) is 5.92 Å². The third-order valence-corrected chi connectivity index (χ3v) is 3.40. The second kappa shape index (κ2) is 5.86. The van der Waals surface area contributed by atoms with Gasteiger partial charge in [-0.05, 0) is 24.8 Å². The lowest BCUT2D eigenvalue weighted by Crippen LogP contribution is -2.22. The molecule has 1 aliphatic rings. The van der Waals surface area contributed by atoms with E-state index < -0.39 is 5.97 Å². The van der Waals surface area contributed by atoms with Crippen molar-refractivity contribution in [2.75, 3.05) is 37.0 Å². The highest BCUT2D eigenvalue weighted by molar-refractivity contribution is 5.66. The van der Waals surface area contributed by atoms with Crippen molar-refractivity contribution in [1.82, 2.24) is 9.97 Å². The fourth-order valence-electron chi connectivity index (χ4n) is 2.33. The second-order valence-corrected chi connectivity index (χ2v) is 5.14. The molecule has 0 spiro atoms. The maximum absolute atomic E-state index is 10.6. The van der Waals surface area contributed by atoms with Gasteiger partial charge in [-0.3, -0.25) is 4.79 Å². The Balaban J connectivity index is 1.96. The minimum atomic E-state index is -0.713. The summed E-state index contributed by atoms with van der Waals surface area (Å²) < 4.78 is 0. The van der Waals surface area contributed by atoms with Crippen LogP contribution in [0.2, 0.25) is 0 Å². The van der Waals surface area contributed by atoms with Gasteiger partial charge in [0.05, 0.1) is 0 Å². The molecule has 1 aromatic rings. The predicted molar refractivity (Wildman–Crippen MR) is 73.5 cm³/mol. The van der Waals surface area contributed by atoms with Gasteiger partial charge in [0.1, 0.15) is 5.82 Å². The monoisotopic (exact) mass is 264 g/mol. The number of aromatic nitrogens is 2. The van der Waals surface area contributed by atoms with Gasteiger partial charge in [-0.15, -0.1) is 0 Å². The quantitative estimate of drug-likeness (QED) is 0.862. The Bertz CT molecular complexity index is 450. The van der Waals surface area contributed by atoms with Gasteiger partial charge in [0.15, 0.2) is 0 Å². The topological polar surface area (TPSA) is 69.6 Å². The van der Waals surface area contributed by atoms with E-state index in [1.165, 1.54) is 0 Å². The molecule has 19 heavy (non-hydrogen) atoms. The number of nitrogens with zero attached hydrogens (tertiary/aromatic N) is 4. The van der Waals surface area contributed by atoms with Crippen LogP contribution in [0.1, 0.15) is 19.3 Å². The van der Waals surface area contributed by atoms with Crippen molar-refractivity contribution in [1.29, 1.82) is 0 Å². The smallest absolute Gasteiger partial charge is 0.303 e. The van der Waals surface area contributed by atoms with Crippen LogP contribution in [0.15, 0.2) is 12.3 Å². The molecule has 1 atom stereocenters. The van der Waals surface area contributed by atoms with Crippen LogP contribution in [0, 0.1) is 5.92 Å². The van der Waals surface area contributed by atoms with Crippen LogP contribution < -0.4 is 9.80 Å². The maximum Gasteiger partial charge on any atom is 0.303 e. The molecule has 1 fully saturated rings. The van der Waals surface area contributed by atoms with Crippen LogP contribution in [0.5, 0.6) is 0 Å². The molecule has 0 bridgehead atoms. The summed E-state index contributed by atoms with van der Waals surface area (Å²) in [5.41, 5.74) is 0. The number of carboxylic acids is 1. The second-order valence-electron chi connectivity index (χ2n) is 5.14. The summed E-state index contributed by atoms with van der Waals surface area (Å²) >= 11 is 0. The van der Waals surface area contributed by atoms with E-state index in [1.807, 2.05) is 25.1 Å². The number of hydrogen-bond donors (Lipinski definition) is 1. The van der Waals surface area contributed by atoms with Gasteiger partial charge in [0, 0.05) is 39.8 Å². The normalized spacial score (nSPS) is 18.6.